The number of nitrogens with one attached hydrogen (secondary N) is 1. The second kappa shape index (κ2) is 7.71. The van der Waals surface area contributed by atoms with Crippen molar-refractivity contribution in [1.29, 1.82) is 0 Å². The first-order valence-electron chi connectivity index (χ1n) is 7.43. The molecular weight excluding hydrogens is 282 g/mol. The lowest BCUT2D eigenvalue weighted by Gasteiger charge is -2.31. The van der Waals surface area contributed by atoms with E-state index < -0.39 is 0 Å². The molecule has 1 atom stereocenters. The van der Waals surface area contributed by atoms with E-state index in [0.29, 0.717) is 0 Å². The van der Waals surface area contributed by atoms with Crippen LogP contribution in [0.2, 0.25) is 0 Å². The minimum atomic E-state index is 0.0215. The summed E-state index contributed by atoms with van der Waals surface area (Å²) < 4.78 is 0. The molecule has 1 aliphatic heterocycles. The van der Waals surface area contributed by atoms with Crippen LogP contribution >= 0.6 is 11.8 Å². The average molecular weight is 307 g/mol. The van der Waals surface area contributed by atoms with Crippen molar-refractivity contribution < 1.29 is 4.79 Å². The Hall–Kier alpha value is -1.20. The van der Waals surface area contributed by atoms with Crippen molar-refractivity contribution in [3.63, 3.8) is 0 Å². The average Bonchev–Trinajstić information content (AvgIpc) is 2.66. The number of rotatable bonds is 3. The molecule has 1 aliphatic rings. The Labute approximate surface area is 131 Å². The van der Waals surface area contributed by atoms with Crippen LogP contribution in [0.25, 0.3) is 0 Å². The fraction of sp³-hybridized carbons (Fsp3) is 0.562. The molecule has 21 heavy (non-hydrogen) atoms. The van der Waals surface area contributed by atoms with Crippen LogP contribution in [0.1, 0.15) is 12.0 Å². The molecule has 0 spiro atoms. The smallest absolute Gasteiger partial charge is 0.319 e. The second-order valence-corrected chi connectivity index (χ2v) is 6.98. The van der Waals surface area contributed by atoms with Gasteiger partial charge < -0.3 is 15.1 Å². The number of anilines is 1. The van der Waals surface area contributed by atoms with E-state index in [1.54, 1.807) is 0 Å². The predicted octanol–water partition coefficient (Wildman–Crippen LogP) is 2.90. The molecule has 0 radical (unpaired) electrons. The lowest BCUT2D eigenvalue weighted by atomic mass is 10.2. The van der Waals surface area contributed by atoms with E-state index in [9.17, 15) is 4.79 Å². The standard InChI is InChI=1S/C16H25N3OS/c1-13-5-7-14(8-6-13)17-16(20)19-9-4-10-21-12-15(19)11-18(2)3/h5-8,15H,4,9-12H2,1-3H3,(H,17,20). The maximum absolute atomic E-state index is 12.6. The van der Waals surface area contributed by atoms with Crippen LogP contribution in [-0.2, 0) is 0 Å². The maximum atomic E-state index is 12.6. The van der Waals surface area contributed by atoms with Crippen molar-refractivity contribution in [2.24, 2.45) is 0 Å². The predicted molar refractivity (Wildman–Crippen MR) is 91.2 cm³/mol. The Morgan fingerprint density at radius 1 is 1.38 bits per heavy atom. The molecule has 0 saturated carbocycles. The van der Waals surface area contributed by atoms with Crippen molar-refractivity contribution in [3.8, 4) is 0 Å². The molecule has 0 aromatic heterocycles. The largest absolute Gasteiger partial charge is 0.322 e. The van der Waals surface area contributed by atoms with E-state index in [2.05, 4.69) is 24.3 Å². The summed E-state index contributed by atoms with van der Waals surface area (Å²) in [5.74, 6) is 2.15. The number of aryl methyl sites for hydroxylation is 1. The summed E-state index contributed by atoms with van der Waals surface area (Å²) in [6.07, 6.45) is 1.07. The van der Waals surface area contributed by atoms with E-state index in [0.717, 1.165) is 36.7 Å². The number of carbonyl (C=O) groups is 1. The Kier molecular flexibility index (Phi) is 5.94. The SMILES string of the molecule is Cc1ccc(NC(=O)N2CCCSCC2CN(C)C)cc1. The van der Waals surface area contributed by atoms with Crippen LogP contribution in [0.4, 0.5) is 10.5 Å². The van der Waals surface area contributed by atoms with Crippen molar-refractivity contribution in [2.45, 2.75) is 19.4 Å². The summed E-state index contributed by atoms with van der Waals surface area (Å²) in [6, 6.07) is 8.25. The van der Waals surface area contributed by atoms with Gasteiger partial charge in [-0.15, -0.1) is 0 Å². The van der Waals surface area contributed by atoms with Crippen LogP contribution in [0, 0.1) is 6.92 Å². The molecule has 1 aromatic rings. The van der Waals surface area contributed by atoms with Crippen molar-refractivity contribution in [3.05, 3.63) is 29.8 Å². The highest BCUT2D eigenvalue weighted by molar-refractivity contribution is 7.99. The molecule has 1 heterocycles. The van der Waals surface area contributed by atoms with Gasteiger partial charge in [-0.05, 0) is 45.3 Å². The molecule has 1 aromatic carbocycles. The molecule has 2 amide bonds. The van der Waals surface area contributed by atoms with Crippen molar-refractivity contribution >= 4 is 23.5 Å². The van der Waals surface area contributed by atoms with Gasteiger partial charge in [0.2, 0.25) is 0 Å². The van der Waals surface area contributed by atoms with E-state index in [4.69, 9.17) is 0 Å². The number of urea groups is 1. The van der Waals surface area contributed by atoms with Gasteiger partial charge in [0.05, 0.1) is 6.04 Å². The van der Waals surface area contributed by atoms with E-state index in [1.807, 2.05) is 47.9 Å². The third-order valence-corrected chi connectivity index (χ3v) is 4.78. The topological polar surface area (TPSA) is 35.6 Å². The third-order valence-electron chi connectivity index (χ3n) is 3.58. The molecule has 1 N–H and O–H groups in total. The van der Waals surface area contributed by atoms with Crippen molar-refractivity contribution in [2.75, 3.05) is 44.0 Å². The Morgan fingerprint density at radius 2 is 2.10 bits per heavy atom. The normalized spacial score (nSPS) is 19.4. The van der Waals surface area contributed by atoms with Gasteiger partial charge in [-0.25, -0.2) is 4.79 Å². The number of thioether (sulfide) groups is 1. The molecular formula is C16H25N3OS. The Bertz CT molecular complexity index is 461. The lowest BCUT2D eigenvalue weighted by molar-refractivity contribution is 0.180. The van der Waals surface area contributed by atoms with Crippen LogP contribution in [0.3, 0.4) is 0 Å². The fourth-order valence-electron chi connectivity index (χ4n) is 2.50. The van der Waals surface area contributed by atoms with Crippen LogP contribution in [0.5, 0.6) is 0 Å². The molecule has 4 nitrogen and oxygen atoms in total. The highest BCUT2D eigenvalue weighted by Gasteiger charge is 2.26. The molecule has 1 unspecified atom stereocenters. The number of benzene rings is 1. The summed E-state index contributed by atoms with van der Waals surface area (Å²) in [7, 11) is 4.12. The van der Waals surface area contributed by atoms with E-state index in [-0.39, 0.29) is 12.1 Å². The number of hydrogen-bond acceptors (Lipinski definition) is 3. The first-order chi connectivity index (χ1) is 10.1. The van der Waals surface area contributed by atoms with Crippen LogP contribution in [-0.4, -0.2) is 60.6 Å². The zero-order valence-electron chi connectivity index (χ0n) is 13.1. The minimum absolute atomic E-state index is 0.0215. The molecule has 0 aliphatic carbocycles. The summed E-state index contributed by atoms with van der Waals surface area (Å²) in [5, 5.41) is 3.03. The van der Waals surface area contributed by atoms with Gasteiger partial charge in [0, 0.05) is 24.5 Å². The molecule has 2 rings (SSSR count). The van der Waals surface area contributed by atoms with Gasteiger partial charge >= 0.3 is 6.03 Å². The maximum Gasteiger partial charge on any atom is 0.322 e. The van der Waals surface area contributed by atoms with E-state index in [1.165, 1.54) is 5.56 Å². The number of hydrogen-bond donors (Lipinski definition) is 1. The minimum Gasteiger partial charge on any atom is -0.319 e. The van der Waals surface area contributed by atoms with Crippen LogP contribution < -0.4 is 5.32 Å². The number of amides is 2. The zero-order valence-corrected chi connectivity index (χ0v) is 13.9. The third kappa shape index (κ3) is 4.93. The van der Waals surface area contributed by atoms with Crippen LogP contribution in [0.15, 0.2) is 24.3 Å². The Balaban J connectivity index is 2.04. The highest BCUT2D eigenvalue weighted by atomic mass is 32.2. The molecule has 0 bridgehead atoms. The van der Waals surface area contributed by atoms with Gasteiger partial charge in [0.15, 0.2) is 0 Å². The lowest BCUT2D eigenvalue weighted by Crippen LogP contribution is -2.48. The quantitative estimate of drug-likeness (QED) is 0.932. The molecule has 5 heteroatoms. The molecule has 1 fully saturated rings. The van der Waals surface area contributed by atoms with Gasteiger partial charge in [-0.2, -0.15) is 11.8 Å². The Morgan fingerprint density at radius 3 is 2.76 bits per heavy atom. The summed E-state index contributed by atoms with van der Waals surface area (Å²) in [6.45, 7) is 3.79. The fourth-order valence-corrected chi connectivity index (χ4v) is 3.56. The number of carbonyl (C=O) groups excluding carboxylic acids is 1. The van der Waals surface area contributed by atoms with Crippen molar-refractivity contribution in [1.82, 2.24) is 9.80 Å². The summed E-state index contributed by atoms with van der Waals surface area (Å²) in [5.41, 5.74) is 2.07. The number of likely N-dealkylation sites (N-methyl/N-ethyl adjacent to an activating group) is 1. The number of nitrogens with zero attached hydrogens (tertiary/aromatic N) is 2. The van der Waals surface area contributed by atoms with Gasteiger partial charge in [-0.3, -0.25) is 0 Å². The summed E-state index contributed by atoms with van der Waals surface area (Å²) in [4.78, 5) is 16.7. The monoisotopic (exact) mass is 307 g/mol. The highest BCUT2D eigenvalue weighted by Crippen LogP contribution is 2.18. The molecule has 116 valence electrons. The molecule has 1 saturated heterocycles. The van der Waals surface area contributed by atoms with Gasteiger partial charge in [-0.1, -0.05) is 17.7 Å². The first kappa shape index (κ1) is 16.2. The van der Waals surface area contributed by atoms with Gasteiger partial charge in [0.25, 0.3) is 0 Å². The zero-order chi connectivity index (χ0) is 15.2. The van der Waals surface area contributed by atoms with E-state index >= 15 is 0 Å². The first-order valence-corrected chi connectivity index (χ1v) is 8.58. The van der Waals surface area contributed by atoms with Gasteiger partial charge in [0.1, 0.15) is 0 Å². The second-order valence-electron chi connectivity index (χ2n) is 5.83. The summed E-state index contributed by atoms with van der Waals surface area (Å²) >= 11 is 1.95.